The highest BCUT2D eigenvalue weighted by atomic mass is 35.5. The Morgan fingerprint density at radius 2 is 1.88 bits per heavy atom. The predicted molar refractivity (Wildman–Crippen MR) is 104 cm³/mol. The topological polar surface area (TPSA) is 61.4 Å². The third-order valence-corrected chi connectivity index (χ3v) is 5.39. The van der Waals surface area contributed by atoms with Gasteiger partial charge in [-0.1, -0.05) is 17.7 Å². The second-order valence-corrected chi connectivity index (χ2v) is 9.33. The third-order valence-electron chi connectivity index (χ3n) is 5.15. The average molecular weight is 378 g/mol. The Bertz CT molecular complexity index is 701. The zero-order valence-electron chi connectivity index (χ0n) is 15.9. The van der Waals surface area contributed by atoms with Crippen molar-refractivity contribution in [2.24, 2.45) is 5.92 Å². The molecule has 0 radical (unpaired) electrons. The van der Waals surface area contributed by atoms with Gasteiger partial charge in [0, 0.05) is 40.8 Å². The predicted octanol–water partition coefficient (Wildman–Crippen LogP) is 3.12. The Morgan fingerprint density at radius 3 is 2.50 bits per heavy atom. The summed E-state index contributed by atoms with van der Waals surface area (Å²) >= 11 is 6.03. The monoisotopic (exact) mass is 377 g/mol. The van der Waals surface area contributed by atoms with E-state index >= 15 is 0 Å². The molecule has 0 unspecified atom stereocenters. The minimum Gasteiger partial charge on any atom is -0.353 e. The maximum absolute atomic E-state index is 12.8. The molecular weight excluding hydrogens is 350 g/mol. The van der Waals surface area contributed by atoms with Gasteiger partial charge in [0.05, 0.1) is 5.92 Å². The normalized spacial score (nSPS) is 25.3. The molecule has 1 aromatic carbocycles. The summed E-state index contributed by atoms with van der Waals surface area (Å²) in [6.07, 6.45) is 2.00. The van der Waals surface area contributed by atoms with Gasteiger partial charge in [-0.05, 0) is 58.7 Å². The lowest BCUT2D eigenvalue weighted by Crippen LogP contribution is -2.62. The van der Waals surface area contributed by atoms with Crippen molar-refractivity contribution in [1.29, 1.82) is 0 Å². The van der Waals surface area contributed by atoms with Crippen LogP contribution in [-0.4, -0.2) is 35.5 Å². The van der Waals surface area contributed by atoms with Gasteiger partial charge in [-0.3, -0.25) is 9.59 Å². The fourth-order valence-electron chi connectivity index (χ4n) is 4.52. The number of carbonyl (C=O) groups excluding carboxylic acids is 2. The standard InChI is InChI=1S/C20H28ClN3O2/c1-19(2)10-15(11-20(3,4)23-19)22-18(26)13-8-17(25)24(12-13)16-7-5-6-14(21)9-16/h5-7,9,13,15,23H,8,10-12H2,1-4H3,(H,22,26)/t13-/m1/s1. The number of nitrogens with one attached hydrogen (secondary N) is 2. The fraction of sp³-hybridized carbons (Fsp3) is 0.600. The molecule has 0 bridgehead atoms. The molecule has 0 aliphatic carbocycles. The number of piperidine rings is 1. The highest BCUT2D eigenvalue weighted by molar-refractivity contribution is 6.31. The van der Waals surface area contributed by atoms with Gasteiger partial charge in [-0.15, -0.1) is 0 Å². The molecular formula is C20H28ClN3O2. The van der Waals surface area contributed by atoms with Crippen LogP contribution in [0.15, 0.2) is 24.3 Å². The minimum absolute atomic E-state index is 0.0265. The van der Waals surface area contributed by atoms with Crippen molar-refractivity contribution < 1.29 is 9.59 Å². The van der Waals surface area contributed by atoms with Crippen molar-refractivity contribution in [2.45, 2.75) is 64.1 Å². The number of halogens is 1. The number of rotatable bonds is 3. The summed E-state index contributed by atoms with van der Waals surface area (Å²) in [7, 11) is 0. The Kier molecular flexibility index (Phi) is 5.06. The lowest BCUT2D eigenvalue weighted by molar-refractivity contribution is -0.127. The summed E-state index contributed by atoms with van der Waals surface area (Å²) in [5, 5.41) is 7.40. The van der Waals surface area contributed by atoms with Crippen LogP contribution in [0.25, 0.3) is 0 Å². The van der Waals surface area contributed by atoms with E-state index in [1.54, 1.807) is 17.0 Å². The van der Waals surface area contributed by atoms with Crippen LogP contribution in [-0.2, 0) is 9.59 Å². The van der Waals surface area contributed by atoms with Crippen molar-refractivity contribution in [3.05, 3.63) is 29.3 Å². The summed E-state index contributed by atoms with van der Waals surface area (Å²) in [6, 6.07) is 7.32. The maximum Gasteiger partial charge on any atom is 0.227 e. The summed E-state index contributed by atoms with van der Waals surface area (Å²) in [5.41, 5.74) is 0.692. The highest BCUT2D eigenvalue weighted by Gasteiger charge is 2.40. The van der Waals surface area contributed by atoms with E-state index < -0.39 is 0 Å². The van der Waals surface area contributed by atoms with E-state index in [-0.39, 0.29) is 41.3 Å². The van der Waals surface area contributed by atoms with Gasteiger partial charge < -0.3 is 15.5 Å². The van der Waals surface area contributed by atoms with E-state index in [0.717, 1.165) is 18.5 Å². The molecule has 26 heavy (non-hydrogen) atoms. The first kappa shape index (κ1) is 19.2. The van der Waals surface area contributed by atoms with E-state index in [2.05, 4.69) is 38.3 Å². The molecule has 2 aliphatic rings. The van der Waals surface area contributed by atoms with Gasteiger partial charge in [-0.25, -0.2) is 0 Å². The molecule has 142 valence electrons. The summed E-state index contributed by atoms with van der Waals surface area (Å²) in [5.74, 6) is -0.373. The van der Waals surface area contributed by atoms with Crippen LogP contribution < -0.4 is 15.5 Å². The molecule has 2 aliphatic heterocycles. The lowest BCUT2D eigenvalue weighted by atomic mass is 9.79. The number of anilines is 1. The number of nitrogens with zero attached hydrogens (tertiary/aromatic N) is 1. The first-order valence-electron chi connectivity index (χ1n) is 9.20. The van der Waals surface area contributed by atoms with Crippen molar-refractivity contribution in [1.82, 2.24) is 10.6 Å². The van der Waals surface area contributed by atoms with Crippen LogP contribution in [0.2, 0.25) is 5.02 Å². The molecule has 5 nitrogen and oxygen atoms in total. The fourth-order valence-corrected chi connectivity index (χ4v) is 4.70. The maximum atomic E-state index is 12.8. The third kappa shape index (κ3) is 4.38. The van der Waals surface area contributed by atoms with Gasteiger partial charge in [-0.2, -0.15) is 0 Å². The van der Waals surface area contributed by atoms with Crippen LogP contribution in [0.5, 0.6) is 0 Å². The first-order chi connectivity index (χ1) is 12.0. The molecule has 2 N–H and O–H groups in total. The minimum atomic E-state index is -0.317. The number of amides is 2. The SMILES string of the molecule is CC1(C)CC(NC(=O)[C@@H]2CC(=O)N(c3cccc(Cl)c3)C2)CC(C)(C)N1. The molecule has 2 heterocycles. The zero-order chi connectivity index (χ0) is 19.1. The van der Waals surface area contributed by atoms with E-state index in [0.29, 0.717) is 11.6 Å². The van der Waals surface area contributed by atoms with Gasteiger partial charge in [0.15, 0.2) is 0 Å². The lowest BCUT2D eigenvalue weighted by Gasteiger charge is -2.46. The molecule has 2 fully saturated rings. The van der Waals surface area contributed by atoms with Crippen molar-refractivity contribution >= 4 is 29.1 Å². The molecule has 2 amide bonds. The average Bonchev–Trinajstić information content (AvgIpc) is 2.86. The molecule has 0 saturated carbocycles. The van der Waals surface area contributed by atoms with Crippen LogP contribution in [0.1, 0.15) is 47.0 Å². The van der Waals surface area contributed by atoms with E-state index in [4.69, 9.17) is 11.6 Å². The van der Waals surface area contributed by atoms with Crippen molar-refractivity contribution in [3.63, 3.8) is 0 Å². The Hall–Kier alpha value is -1.59. The van der Waals surface area contributed by atoms with Crippen molar-refractivity contribution in [3.8, 4) is 0 Å². The van der Waals surface area contributed by atoms with Gasteiger partial charge in [0.1, 0.15) is 0 Å². The Labute approximate surface area is 160 Å². The number of hydrogen-bond acceptors (Lipinski definition) is 3. The smallest absolute Gasteiger partial charge is 0.227 e. The van der Waals surface area contributed by atoms with E-state index in [9.17, 15) is 9.59 Å². The van der Waals surface area contributed by atoms with E-state index in [1.807, 2.05) is 12.1 Å². The molecule has 1 atom stereocenters. The molecule has 2 saturated heterocycles. The first-order valence-corrected chi connectivity index (χ1v) is 9.58. The highest BCUT2D eigenvalue weighted by Crippen LogP contribution is 2.30. The molecule has 3 rings (SSSR count). The second-order valence-electron chi connectivity index (χ2n) is 8.89. The Morgan fingerprint density at radius 1 is 1.23 bits per heavy atom. The molecule has 0 spiro atoms. The Balaban J connectivity index is 1.65. The number of benzene rings is 1. The number of hydrogen-bond donors (Lipinski definition) is 2. The van der Waals surface area contributed by atoms with Crippen LogP contribution >= 0.6 is 11.6 Å². The summed E-state index contributed by atoms with van der Waals surface area (Å²) < 4.78 is 0. The van der Waals surface area contributed by atoms with Gasteiger partial charge in [0.2, 0.25) is 11.8 Å². The molecule has 1 aromatic rings. The van der Waals surface area contributed by atoms with Gasteiger partial charge in [0.25, 0.3) is 0 Å². The summed E-state index contributed by atoms with van der Waals surface area (Å²) in [6.45, 7) is 9.04. The molecule has 6 heteroatoms. The van der Waals surface area contributed by atoms with Crippen molar-refractivity contribution in [2.75, 3.05) is 11.4 Å². The van der Waals surface area contributed by atoms with Crippen LogP contribution in [0.4, 0.5) is 5.69 Å². The van der Waals surface area contributed by atoms with Crippen LogP contribution in [0.3, 0.4) is 0 Å². The zero-order valence-corrected chi connectivity index (χ0v) is 16.7. The summed E-state index contributed by atoms with van der Waals surface area (Å²) in [4.78, 5) is 26.8. The van der Waals surface area contributed by atoms with Gasteiger partial charge >= 0.3 is 0 Å². The second kappa shape index (κ2) is 6.86. The molecule has 0 aromatic heterocycles. The largest absolute Gasteiger partial charge is 0.353 e. The van der Waals surface area contributed by atoms with Crippen LogP contribution in [0, 0.1) is 5.92 Å². The van der Waals surface area contributed by atoms with E-state index in [1.165, 1.54) is 0 Å². The quantitative estimate of drug-likeness (QED) is 0.850. The number of carbonyl (C=O) groups is 2.